The molecule has 0 saturated heterocycles. The maximum absolute atomic E-state index is 14.7. The second-order valence-corrected chi connectivity index (χ2v) is 12.9. The molecule has 2 bridgehead atoms. The van der Waals surface area contributed by atoms with Crippen LogP contribution in [-0.4, -0.2) is 65.6 Å². The molecule has 4 aliphatic rings. The Morgan fingerprint density at radius 3 is 1.83 bits per heavy atom. The average Bonchev–Trinajstić information content (AvgIpc) is 2.91. The third kappa shape index (κ3) is 4.37. The summed E-state index contributed by atoms with van der Waals surface area (Å²) in [5, 5.41) is 0. The van der Waals surface area contributed by atoms with Crippen LogP contribution in [0.4, 0.5) is 0 Å². The van der Waals surface area contributed by atoms with E-state index in [2.05, 4.69) is 20.4 Å². The van der Waals surface area contributed by atoms with Crippen molar-refractivity contribution >= 4 is 35.6 Å². The molecule has 0 amide bonds. The highest BCUT2D eigenvalue weighted by atomic mass is 16.6. The van der Waals surface area contributed by atoms with Crippen molar-refractivity contribution in [1.29, 1.82) is 0 Å². The van der Waals surface area contributed by atoms with Gasteiger partial charge in [0.2, 0.25) is 0 Å². The monoisotopic (exact) mass is 576 g/mol. The van der Waals surface area contributed by atoms with Crippen LogP contribution in [0.3, 0.4) is 0 Å². The van der Waals surface area contributed by atoms with Crippen molar-refractivity contribution < 1.29 is 52.5 Å². The van der Waals surface area contributed by atoms with Crippen LogP contribution in [0.5, 0.6) is 0 Å². The molecule has 226 valence electrons. The van der Waals surface area contributed by atoms with Gasteiger partial charge in [0.1, 0.15) is 23.7 Å². The van der Waals surface area contributed by atoms with E-state index in [1.165, 1.54) is 20.8 Å². The van der Waals surface area contributed by atoms with Crippen molar-refractivity contribution in [2.45, 2.75) is 111 Å². The zero-order chi connectivity index (χ0) is 30.9. The number of esters is 5. The van der Waals surface area contributed by atoms with Gasteiger partial charge in [-0.2, -0.15) is 0 Å². The van der Waals surface area contributed by atoms with Gasteiger partial charge < -0.3 is 23.7 Å². The minimum atomic E-state index is -1.88. The number of carbonyl (C=O) groups excluding carboxylic acids is 6. The quantitative estimate of drug-likeness (QED) is 0.270. The molecule has 0 aromatic rings. The van der Waals surface area contributed by atoms with E-state index in [0.717, 1.165) is 13.8 Å². The first-order valence-electron chi connectivity index (χ1n) is 14.0. The summed E-state index contributed by atoms with van der Waals surface area (Å²) in [6, 6.07) is 0. The molecule has 0 radical (unpaired) electrons. The summed E-state index contributed by atoms with van der Waals surface area (Å²) in [5.41, 5.74) is -5.30. The van der Waals surface area contributed by atoms with Crippen molar-refractivity contribution in [2.24, 2.45) is 28.1 Å². The van der Waals surface area contributed by atoms with Crippen LogP contribution in [0, 0.1) is 28.1 Å². The van der Waals surface area contributed by atoms with E-state index >= 15 is 0 Å². The van der Waals surface area contributed by atoms with Crippen LogP contribution in [0.15, 0.2) is 12.2 Å². The summed E-state index contributed by atoms with van der Waals surface area (Å²) >= 11 is 0. The second-order valence-electron chi connectivity index (χ2n) is 12.9. The molecule has 0 aromatic heterocycles. The van der Waals surface area contributed by atoms with E-state index in [-0.39, 0.29) is 29.7 Å². The average molecular weight is 577 g/mol. The lowest BCUT2D eigenvalue weighted by Gasteiger charge is -2.68. The number of hydrogen-bond donors (Lipinski definition) is 0. The highest BCUT2D eigenvalue weighted by molar-refractivity contribution is 6.07. The largest absolute Gasteiger partial charge is 0.462 e. The Balaban J connectivity index is 2.13. The summed E-state index contributed by atoms with van der Waals surface area (Å²) in [7, 11) is 0. The first-order chi connectivity index (χ1) is 18.8. The zero-order valence-electron chi connectivity index (χ0n) is 25.0. The standard InChI is InChI=1S/C30H40O11/c1-14-25(36)30-23(39-17(4)33)12-21-27(7,8)11-10-22(38-16(3)32)28(21,9)24(30)20(37-15(2)31)13-29(14,41-19(6)35)26(30)40-18(5)34/h20-24,26H,1,10-13H2,2-9H3/t20-,21-,22-,23-,24+,26-,28+,29-,30-/m1/s1. The third-order valence-corrected chi connectivity index (χ3v) is 10.1. The first kappa shape index (κ1) is 30.7. The van der Waals surface area contributed by atoms with Crippen molar-refractivity contribution in [1.82, 2.24) is 0 Å². The van der Waals surface area contributed by atoms with Crippen LogP contribution in [0.2, 0.25) is 0 Å². The van der Waals surface area contributed by atoms with Gasteiger partial charge in [0, 0.05) is 57.9 Å². The van der Waals surface area contributed by atoms with Gasteiger partial charge in [-0.05, 0) is 30.6 Å². The Hall–Kier alpha value is -3.24. The lowest BCUT2D eigenvalue weighted by atomic mass is 9.38. The smallest absolute Gasteiger partial charge is 0.303 e. The third-order valence-electron chi connectivity index (χ3n) is 10.1. The zero-order valence-corrected chi connectivity index (χ0v) is 25.0. The normalized spacial score (nSPS) is 40.4. The van der Waals surface area contributed by atoms with Crippen molar-refractivity contribution in [3.8, 4) is 0 Å². The molecule has 4 aliphatic carbocycles. The van der Waals surface area contributed by atoms with E-state index in [0.29, 0.717) is 12.8 Å². The summed E-state index contributed by atoms with van der Waals surface area (Å²) < 4.78 is 29.5. The SMILES string of the molecule is C=C1C(=O)[C@@]23[C@H](OC(C)=O)C[C@@H]4C(C)(C)CC[C@@H](OC(C)=O)[C@@]4(C)[C@@H]2[C@H](OC(C)=O)C[C@]1(OC(C)=O)[C@H]3OC(C)=O. The number of Topliss-reactive ketones (excluding diaryl/α,β-unsaturated/α-hetero) is 1. The van der Waals surface area contributed by atoms with Crippen molar-refractivity contribution in [2.75, 3.05) is 0 Å². The molecule has 0 aromatic carbocycles. The predicted octanol–water partition coefficient (Wildman–Crippen LogP) is 3.01. The van der Waals surface area contributed by atoms with Crippen LogP contribution in [0.1, 0.15) is 81.1 Å². The molecule has 11 heteroatoms. The number of fused-ring (bicyclic) bond motifs is 3. The summed E-state index contributed by atoms with van der Waals surface area (Å²) in [6.45, 7) is 16.1. The van der Waals surface area contributed by atoms with Crippen LogP contribution < -0.4 is 0 Å². The van der Waals surface area contributed by atoms with E-state index in [9.17, 15) is 28.8 Å². The molecular formula is C30H40O11. The molecule has 1 spiro atoms. The summed E-state index contributed by atoms with van der Waals surface area (Å²) in [5.74, 6) is -5.25. The Labute approximate surface area is 239 Å². The molecule has 0 heterocycles. The number of ether oxygens (including phenoxy) is 5. The predicted molar refractivity (Wildman–Crippen MR) is 141 cm³/mol. The van der Waals surface area contributed by atoms with Crippen molar-refractivity contribution in [3.05, 3.63) is 12.2 Å². The topological polar surface area (TPSA) is 149 Å². The number of rotatable bonds is 5. The van der Waals surface area contributed by atoms with E-state index in [1.807, 2.05) is 6.92 Å². The molecule has 0 aliphatic heterocycles. The maximum Gasteiger partial charge on any atom is 0.303 e. The fourth-order valence-corrected chi connectivity index (χ4v) is 9.09. The summed E-state index contributed by atoms with van der Waals surface area (Å²) in [4.78, 5) is 77.5. The van der Waals surface area contributed by atoms with Gasteiger partial charge in [0.15, 0.2) is 17.5 Å². The molecule has 0 unspecified atom stereocenters. The summed E-state index contributed by atoms with van der Waals surface area (Å²) in [6.07, 6.45) is -3.36. The van der Waals surface area contributed by atoms with Gasteiger partial charge >= 0.3 is 29.8 Å². The molecular weight excluding hydrogens is 536 g/mol. The fourth-order valence-electron chi connectivity index (χ4n) is 9.09. The maximum atomic E-state index is 14.7. The molecule has 11 nitrogen and oxygen atoms in total. The first-order valence-corrected chi connectivity index (χ1v) is 14.0. The Kier molecular flexibility index (Phi) is 7.45. The molecule has 41 heavy (non-hydrogen) atoms. The van der Waals surface area contributed by atoms with Gasteiger partial charge in [0.05, 0.1) is 0 Å². The minimum absolute atomic E-state index is 0.142. The van der Waals surface area contributed by atoms with Crippen LogP contribution in [0.25, 0.3) is 0 Å². The number of hydrogen-bond acceptors (Lipinski definition) is 11. The highest BCUT2D eigenvalue weighted by Gasteiger charge is 2.85. The Bertz CT molecular complexity index is 1220. The molecule has 4 saturated carbocycles. The fraction of sp³-hybridized carbons (Fsp3) is 0.733. The van der Waals surface area contributed by atoms with Gasteiger partial charge in [-0.25, -0.2) is 0 Å². The van der Waals surface area contributed by atoms with Crippen molar-refractivity contribution in [3.63, 3.8) is 0 Å². The lowest BCUT2D eigenvalue weighted by Crippen LogP contribution is -2.76. The van der Waals surface area contributed by atoms with Gasteiger partial charge in [-0.15, -0.1) is 0 Å². The van der Waals surface area contributed by atoms with E-state index in [1.54, 1.807) is 0 Å². The molecule has 9 atom stereocenters. The Morgan fingerprint density at radius 2 is 1.32 bits per heavy atom. The molecule has 4 fully saturated rings. The molecule has 0 N–H and O–H groups in total. The van der Waals surface area contributed by atoms with Gasteiger partial charge in [0.25, 0.3) is 0 Å². The van der Waals surface area contributed by atoms with Crippen LogP contribution >= 0.6 is 0 Å². The minimum Gasteiger partial charge on any atom is -0.462 e. The second kappa shape index (κ2) is 9.94. The highest BCUT2D eigenvalue weighted by Crippen LogP contribution is 2.74. The Morgan fingerprint density at radius 1 is 0.780 bits per heavy atom. The van der Waals surface area contributed by atoms with Gasteiger partial charge in [-0.1, -0.05) is 27.4 Å². The lowest BCUT2D eigenvalue weighted by molar-refractivity contribution is -0.299. The number of carbonyl (C=O) groups is 6. The molecule has 4 rings (SSSR count). The number of ketones is 1. The van der Waals surface area contributed by atoms with E-state index in [4.69, 9.17) is 23.7 Å². The van der Waals surface area contributed by atoms with Gasteiger partial charge in [-0.3, -0.25) is 28.8 Å². The van der Waals surface area contributed by atoms with Crippen LogP contribution in [-0.2, 0) is 52.5 Å². The van der Waals surface area contributed by atoms with E-state index < -0.39 is 82.4 Å².